The molecular formula is C19H24FN3OS. The van der Waals surface area contributed by atoms with Gasteiger partial charge in [0.1, 0.15) is 17.2 Å². The summed E-state index contributed by atoms with van der Waals surface area (Å²) in [7, 11) is 1.47. The minimum atomic E-state index is -0.333. The summed E-state index contributed by atoms with van der Waals surface area (Å²) < 4.78 is 18.7. The summed E-state index contributed by atoms with van der Waals surface area (Å²) in [6, 6.07) is 7.09. The van der Waals surface area contributed by atoms with Crippen LogP contribution in [0, 0.1) is 17.7 Å². The van der Waals surface area contributed by atoms with Crippen molar-refractivity contribution in [3.63, 3.8) is 0 Å². The smallest absolute Gasteiger partial charge is 0.165 e. The van der Waals surface area contributed by atoms with Crippen molar-refractivity contribution in [2.24, 2.45) is 11.8 Å². The molecule has 1 aromatic carbocycles. The summed E-state index contributed by atoms with van der Waals surface area (Å²) in [5.74, 6) is 2.93. The normalized spacial score (nSPS) is 20.6. The Balaban J connectivity index is 1.66. The lowest BCUT2D eigenvalue weighted by molar-refractivity contribution is 0.355. The Morgan fingerprint density at radius 1 is 1.20 bits per heavy atom. The number of piperidine rings is 1. The van der Waals surface area contributed by atoms with Gasteiger partial charge in [0, 0.05) is 24.9 Å². The zero-order chi connectivity index (χ0) is 17.8. The molecule has 4 nitrogen and oxygen atoms in total. The molecule has 134 valence electrons. The van der Waals surface area contributed by atoms with Crippen molar-refractivity contribution in [2.45, 2.75) is 31.0 Å². The SMILES string of the molecule is COc1ccc(CSc2cc(N3CC(C)CC(C)C3)ncn2)cc1F. The van der Waals surface area contributed by atoms with Gasteiger partial charge in [-0.15, -0.1) is 11.8 Å². The van der Waals surface area contributed by atoms with Gasteiger partial charge in [-0.3, -0.25) is 0 Å². The molecule has 2 aromatic rings. The van der Waals surface area contributed by atoms with Crippen LogP contribution < -0.4 is 9.64 Å². The monoisotopic (exact) mass is 361 g/mol. The number of hydrogen-bond acceptors (Lipinski definition) is 5. The second-order valence-electron chi connectivity index (χ2n) is 6.82. The largest absolute Gasteiger partial charge is 0.494 e. The molecule has 1 aliphatic rings. The lowest BCUT2D eigenvalue weighted by atomic mass is 9.92. The Morgan fingerprint density at radius 3 is 2.64 bits per heavy atom. The summed E-state index contributed by atoms with van der Waals surface area (Å²) in [6.45, 7) is 6.65. The van der Waals surface area contributed by atoms with Gasteiger partial charge in [-0.05, 0) is 36.0 Å². The van der Waals surface area contributed by atoms with E-state index < -0.39 is 0 Å². The zero-order valence-corrected chi connectivity index (χ0v) is 15.7. The average molecular weight is 361 g/mol. The van der Waals surface area contributed by atoms with Crippen LogP contribution in [-0.2, 0) is 5.75 Å². The highest BCUT2D eigenvalue weighted by molar-refractivity contribution is 7.98. The third-order valence-electron chi connectivity index (χ3n) is 4.42. The van der Waals surface area contributed by atoms with Crippen molar-refractivity contribution in [3.05, 3.63) is 42.0 Å². The maximum atomic E-state index is 13.8. The van der Waals surface area contributed by atoms with Crippen LogP contribution in [0.15, 0.2) is 35.6 Å². The fourth-order valence-corrected chi connectivity index (χ4v) is 4.19. The van der Waals surface area contributed by atoms with E-state index in [0.29, 0.717) is 17.6 Å². The molecular weight excluding hydrogens is 337 g/mol. The van der Waals surface area contributed by atoms with Crippen LogP contribution in [0.4, 0.5) is 10.2 Å². The number of nitrogens with zero attached hydrogens (tertiary/aromatic N) is 3. The van der Waals surface area contributed by atoms with E-state index in [1.807, 2.05) is 12.1 Å². The maximum Gasteiger partial charge on any atom is 0.165 e. The topological polar surface area (TPSA) is 38.2 Å². The number of ether oxygens (including phenoxy) is 1. The van der Waals surface area contributed by atoms with Crippen LogP contribution in [0.25, 0.3) is 0 Å². The standard InChI is InChI=1S/C19H24FN3OS/c1-13-6-14(2)10-23(9-13)18-8-19(22-12-21-18)25-11-15-4-5-17(24-3)16(20)7-15/h4-5,7-8,12-14H,6,9-11H2,1-3H3. The predicted molar refractivity (Wildman–Crippen MR) is 99.7 cm³/mol. The molecule has 0 bridgehead atoms. The number of anilines is 1. The van der Waals surface area contributed by atoms with Crippen LogP contribution in [0.3, 0.4) is 0 Å². The van der Waals surface area contributed by atoms with Gasteiger partial charge in [0.05, 0.1) is 7.11 Å². The summed E-state index contributed by atoms with van der Waals surface area (Å²) in [5.41, 5.74) is 0.906. The van der Waals surface area contributed by atoms with E-state index >= 15 is 0 Å². The fraction of sp³-hybridized carbons (Fsp3) is 0.474. The molecule has 1 aromatic heterocycles. The van der Waals surface area contributed by atoms with Crippen molar-refractivity contribution in [2.75, 3.05) is 25.1 Å². The molecule has 2 atom stereocenters. The number of rotatable bonds is 5. The summed E-state index contributed by atoms with van der Waals surface area (Å²) in [4.78, 5) is 11.1. The summed E-state index contributed by atoms with van der Waals surface area (Å²) in [5, 5.41) is 0.909. The number of methoxy groups -OCH3 is 1. The molecule has 6 heteroatoms. The molecule has 1 saturated heterocycles. The molecule has 0 amide bonds. The Hall–Kier alpha value is -1.82. The van der Waals surface area contributed by atoms with Gasteiger partial charge in [0.2, 0.25) is 0 Å². The highest BCUT2D eigenvalue weighted by Crippen LogP contribution is 2.28. The third kappa shape index (κ3) is 4.63. The van der Waals surface area contributed by atoms with E-state index in [4.69, 9.17) is 4.74 Å². The molecule has 0 N–H and O–H groups in total. The molecule has 2 unspecified atom stereocenters. The van der Waals surface area contributed by atoms with Crippen LogP contribution in [0.2, 0.25) is 0 Å². The van der Waals surface area contributed by atoms with Crippen molar-refractivity contribution in [1.82, 2.24) is 9.97 Å². The molecule has 1 aliphatic heterocycles. The van der Waals surface area contributed by atoms with Gasteiger partial charge in [-0.25, -0.2) is 14.4 Å². The van der Waals surface area contributed by atoms with Crippen molar-refractivity contribution in [3.8, 4) is 5.75 Å². The molecule has 1 fully saturated rings. The molecule has 0 aliphatic carbocycles. The molecule has 2 heterocycles. The van der Waals surface area contributed by atoms with Crippen LogP contribution in [0.1, 0.15) is 25.8 Å². The summed E-state index contributed by atoms with van der Waals surface area (Å²) in [6.07, 6.45) is 2.89. The second kappa shape index (κ2) is 8.04. The second-order valence-corrected chi connectivity index (χ2v) is 7.82. The highest BCUT2D eigenvalue weighted by Gasteiger charge is 2.23. The minimum Gasteiger partial charge on any atom is -0.494 e. The van der Waals surface area contributed by atoms with Crippen LogP contribution in [-0.4, -0.2) is 30.2 Å². The first-order chi connectivity index (χ1) is 12.0. The molecule has 0 saturated carbocycles. The first kappa shape index (κ1) is 18.0. The van der Waals surface area contributed by atoms with Gasteiger partial charge in [-0.2, -0.15) is 0 Å². The molecule has 0 spiro atoms. The predicted octanol–water partition coefficient (Wildman–Crippen LogP) is 4.40. The molecule has 25 heavy (non-hydrogen) atoms. The summed E-state index contributed by atoms with van der Waals surface area (Å²) >= 11 is 1.59. The average Bonchev–Trinajstić information content (AvgIpc) is 2.59. The van der Waals surface area contributed by atoms with Crippen molar-refractivity contribution in [1.29, 1.82) is 0 Å². The number of thioether (sulfide) groups is 1. The van der Waals surface area contributed by atoms with Gasteiger partial charge < -0.3 is 9.64 Å². The van der Waals surface area contributed by atoms with E-state index in [1.165, 1.54) is 19.6 Å². The molecule has 0 radical (unpaired) electrons. The Bertz CT molecular complexity index is 718. The number of aromatic nitrogens is 2. The van der Waals surface area contributed by atoms with Crippen LogP contribution >= 0.6 is 11.8 Å². The first-order valence-electron chi connectivity index (χ1n) is 8.57. The first-order valence-corrected chi connectivity index (χ1v) is 9.56. The van der Waals surface area contributed by atoms with Gasteiger partial charge in [0.25, 0.3) is 0 Å². The quantitative estimate of drug-likeness (QED) is 0.583. The Kier molecular flexibility index (Phi) is 5.78. The van der Waals surface area contributed by atoms with E-state index in [2.05, 4.69) is 28.7 Å². The maximum absolute atomic E-state index is 13.8. The molecule has 3 rings (SSSR count). The van der Waals surface area contributed by atoms with Crippen molar-refractivity contribution < 1.29 is 9.13 Å². The number of hydrogen-bond donors (Lipinski definition) is 0. The van der Waals surface area contributed by atoms with E-state index in [1.54, 1.807) is 24.2 Å². The lowest BCUT2D eigenvalue weighted by Crippen LogP contribution is -2.39. The van der Waals surface area contributed by atoms with E-state index in [0.717, 1.165) is 29.5 Å². The van der Waals surface area contributed by atoms with Gasteiger partial charge >= 0.3 is 0 Å². The zero-order valence-electron chi connectivity index (χ0n) is 14.9. The fourth-order valence-electron chi connectivity index (χ4n) is 3.39. The van der Waals surface area contributed by atoms with Gasteiger partial charge in [0.15, 0.2) is 11.6 Å². The van der Waals surface area contributed by atoms with Crippen LogP contribution in [0.5, 0.6) is 5.75 Å². The van der Waals surface area contributed by atoms with Gasteiger partial charge in [-0.1, -0.05) is 19.9 Å². The minimum absolute atomic E-state index is 0.270. The highest BCUT2D eigenvalue weighted by atomic mass is 32.2. The number of halogens is 1. The Morgan fingerprint density at radius 2 is 1.96 bits per heavy atom. The van der Waals surface area contributed by atoms with E-state index in [-0.39, 0.29) is 11.6 Å². The third-order valence-corrected chi connectivity index (χ3v) is 5.42. The van der Waals surface area contributed by atoms with Crippen molar-refractivity contribution >= 4 is 17.6 Å². The Labute approximate surface area is 152 Å². The number of benzene rings is 1. The lowest BCUT2D eigenvalue weighted by Gasteiger charge is -2.35. The van der Waals surface area contributed by atoms with E-state index in [9.17, 15) is 4.39 Å².